The van der Waals surface area contributed by atoms with Gasteiger partial charge in [0, 0.05) is 31.2 Å². The first kappa shape index (κ1) is 17.9. The standard InChI is InChI=1S/C15H27N3O2S/c1-4-16-14(17-9-7-10-20-5-2)18-12-15(3,19)13-8-6-11-21-13/h6,8,11,19H,4-5,7,9-10,12H2,1-3H3,(H2,16,17,18). The SMILES string of the molecule is CCNC(=NCC(C)(O)c1cccs1)NCCCOCC. The van der Waals surface area contributed by atoms with Gasteiger partial charge in [0.15, 0.2) is 5.96 Å². The van der Waals surface area contributed by atoms with Crippen LogP contribution in [0.3, 0.4) is 0 Å². The molecule has 6 heteroatoms. The predicted octanol–water partition coefficient (Wildman–Crippen LogP) is 1.94. The van der Waals surface area contributed by atoms with Gasteiger partial charge in [-0.25, -0.2) is 4.99 Å². The van der Waals surface area contributed by atoms with Gasteiger partial charge in [0.1, 0.15) is 5.60 Å². The van der Waals surface area contributed by atoms with Crippen LogP contribution in [0.2, 0.25) is 0 Å². The second-order valence-corrected chi connectivity index (χ2v) is 5.87. The fraction of sp³-hybridized carbons (Fsp3) is 0.667. The smallest absolute Gasteiger partial charge is 0.191 e. The van der Waals surface area contributed by atoms with Crippen molar-refractivity contribution in [2.45, 2.75) is 32.8 Å². The Balaban J connectivity index is 2.47. The number of aliphatic imine (C=N–C) groups is 1. The molecule has 0 aliphatic carbocycles. The topological polar surface area (TPSA) is 65.9 Å². The fourth-order valence-electron chi connectivity index (χ4n) is 1.76. The first-order chi connectivity index (χ1) is 10.1. The lowest BCUT2D eigenvalue weighted by Gasteiger charge is -2.20. The van der Waals surface area contributed by atoms with E-state index in [1.165, 1.54) is 0 Å². The Morgan fingerprint density at radius 1 is 1.43 bits per heavy atom. The molecule has 3 N–H and O–H groups in total. The van der Waals surface area contributed by atoms with Crippen LogP contribution in [0.15, 0.2) is 22.5 Å². The highest BCUT2D eigenvalue weighted by atomic mass is 32.1. The molecular formula is C15H27N3O2S. The van der Waals surface area contributed by atoms with E-state index in [4.69, 9.17) is 4.74 Å². The summed E-state index contributed by atoms with van der Waals surface area (Å²) in [6.45, 7) is 9.22. The van der Waals surface area contributed by atoms with E-state index in [2.05, 4.69) is 15.6 Å². The van der Waals surface area contributed by atoms with Gasteiger partial charge in [-0.15, -0.1) is 11.3 Å². The molecule has 0 saturated heterocycles. The van der Waals surface area contributed by atoms with E-state index < -0.39 is 5.60 Å². The molecule has 5 nitrogen and oxygen atoms in total. The van der Waals surface area contributed by atoms with Crippen molar-refractivity contribution in [1.82, 2.24) is 10.6 Å². The van der Waals surface area contributed by atoms with E-state index in [0.29, 0.717) is 6.54 Å². The third-order valence-electron chi connectivity index (χ3n) is 2.90. The summed E-state index contributed by atoms with van der Waals surface area (Å²) in [5.41, 5.74) is -0.929. The van der Waals surface area contributed by atoms with Crippen molar-refractivity contribution in [3.8, 4) is 0 Å². The Labute approximate surface area is 131 Å². The van der Waals surface area contributed by atoms with Crippen molar-refractivity contribution in [3.05, 3.63) is 22.4 Å². The normalized spacial score (nSPS) is 14.8. The summed E-state index contributed by atoms with van der Waals surface area (Å²) in [6.07, 6.45) is 0.930. The molecule has 1 rings (SSSR count). The average molecular weight is 313 g/mol. The molecule has 0 bridgehead atoms. The summed E-state index contributed by atoms with van der Waals surface area (Å²) in [7, 11) is 0. The van der Waals surface area contributed by atoms with Crippen LogP contribution >= 0.6 is 11.3 Å². The average Bonchev–Trinajstić information content (AvgIpc) is 2.99. The van der Waals surface area contributed by atoms with Crippen LogP contribution in [0.1, 0.15) is 32.1 Å². The first-order valence-corrected chi connectivity index (χ1v) is 8.34. The summed E-state index contributed by atoms with van der Waals surface area (Å²) in [4.78, 5) is 5.40. The van der Waals surface area contributed by atoms with Crippen molar-refractivity contribution in [2.75, 3.05) is 32.8 Å². The molecule has 1 aromatic rings. The van der Waals surface area contributed by atoms with Crippen LogP contribution in [-0.4, -0.2) is 43.9 Å². The van der Waals surface area contributed by atoms with Gasteiger partial charge in [-0.3, -0.25) is 0 Å². The van der Waals surface area contributed by atoms with E-state index in [9.17, 15) is 5.11 Å². The molecule has 0 fully saturated rings. The number of hydrogen-bond donors (Lipinski definition) is 3. The van der Waals surface area contributed by atoms with Gasteiger partial charge in [-0.05, 0) is 38.6 Å². The van der Waals surface area contributed by atoms with Gasteiger partial charge >= 0.3 is 0 Å². The van der Waals surface area contributed by atoms with Gasteiger partial charge in [0.2, 0.25) is 0 Å². The molecule has 0 radical (unpaired) electrons. The molecule has 0 aliphatic rings. The lowest BCUT2D eigenvalue weighted by Crippen LogP contribution is -2.39. The Bertz CT molecular complexity index is 405. The maximum atomic E-state index is 10.5. The third-order valence-corrected chi connectivity index (χ3v) is 4.03. The minimum atomic E-state index is -0.929. The maximum Gasteiger partial charge on any atom is 0.191 e. The zero-order valence-corrected chi connectivity index (χ0v) is 14.0. The second-order valence-electron chi connectivity index (χ2n) is 4.92. The summed E-state index contributed by atoms with van der Waals surface area (Å²) in [5.74, 6) is 0.728. The number of thiophene rings is 1. The number of rotatable bonds is 9. The van der Waals surface area contributed by atoms with Crippen LogP contribution in [-0.2, 0) is 10.3 Å². The number of guanidine groups is 1. The first-order valence-electron chi connectivity index (χ1n) is 7.46. The van der Waals surface area contributed by atoms with E-state index in [1.54, 1.807) is 18.3 Å². The molecule has 1 heterocycles. The van der Waals surface area contributed by atoms with Crippen molar-refractivity contribution >= 4 is 17.3 Å². The molecule has 1 atom stereocenters. The van der Waals surface area contributed by atoms with Crippen LogP contribution in [0.25, 0.3) is 0 Å². The highest BCUT2D eigenvalue weighted by Crippen LogP contribution is 2.25. The van der Waals surface area contributed by atoms with Crippen LogP contribution in [0.4, 0.5) is 0 Å². The Kier molecular flexibility index (Phi) is 8.34. The molecule has 0 amide bonds. The fourth-order valence-corrected chi connectivity index (χ4v) is 2.54. The van der Waals surface area contributed by atoms with Gasteiger partial charge in [-0.2, -0.15) is 0 Å². The third kappa shape index (κ3) is 6.93. The molecule has 1 unspecified atom stereocenters. The second kappa shape index (κ2) is 9.76. The van der Waals surface area contributed by atoms with E-state index in [-0.39, 0.29) is 0 Å². The quantitative estimate of drug-likeness (QED) is 0.370. The number of hydrogen-bond acceptors (Lipinski definition) is 4. The number of ether oxygens (including phenoxy) is 1. The Morgan fingerprint density at radius 3 is 2.86 bits per heavy atom. The molecule has 0 saturated carbocycles. The molecular weight excluding hydrogens is 286 g/mol. The zero-order valence-electron chi connectivity index (χ0n) is 13.2. The van der Waals surface area contributed by atoms with Crippen molar-refractivity contribution in [3.63, 3.8) is 0 Å². The Hall–Kier alpha value is -1.11. The van der Waals surface area contributed by atoms with Gasteiger partial charge < -0.3 is 20.5 Å². The van der Waals surface area contributed by atoms with Crippen molar-refractivity contribution < 1.29 is 9.84 Å². The van der Waals surface area contributed by atoms with Gasteiger partial charge in [0.25, 0.3) is 0 Å². The molecule has 21 heavy (non-hydrogen) atoms. The van der Waals surface area contributed by atoms with Crippen molar-refractivity contribution in [1.29, 1.82) is 0 Å². The highest BCUT2D eigenvalue weighted by Gasteiger charge is 2.23. The highest BCUT2D eigenvalue weighted by molar-refractivity contribution is 7.10. The minimum absolute atomic E-state index is 0.328. The van der Waals surface area contributed by atoms with Crippen LogP contribution in [0.5, 0.6) is 0 Å². The van der Waals surface area contributed by atoms with Gasteiger partial charge in [0.05, 0.1) is 6.54 Å². The molecule has 120 valence electrons. The summed E-state index contributed by atoms with van der Waals surface area (Å²) < 4.78 is 5.30. The lowest BCUT2D eigenvalue weighted by atomic mass is 10.1. The zero-order chi connectivity index (χ0) is 15.6. The van der Waals surface area contributed by atoms with Crippen molar-refractivity contribution in [2.24, 2.45) is 4.99 Å². The van der Waals surface area contributed by atoms with E-state index in [1.807, 2.05) is 31.4 Å². The maximum absolute atomic E-state index is 10.5. The van der Waals surface area contributed by atoms with Gasteiger partial charge in [-0.1, -0.05) is 6.07 Å². The summed E-state index contributed by atoms with van der Waals surface area (Å²) in [5, 5.41) is 18.9. The number of nitrogens with zero attached hydrogens (tertiary/aromatic N) is 1. The Morgan fingerprint density at radius 2 is 2.24 bits per heavy atom. The predicted molar refractivity (Wildman–Crippen MR) is 89.0 cm³/mol. The lowest BCUT2D eigenvalue weighted by molar-refractivity contribution is 0.0711. The summed E-state index contributed by atoms with van der Waals surface area (Å²) >= 11 is 1.55. The summed E-state index contributed by atoms with van der Waals surface area (Å²) in [6, 6.07) is 3.87. The number of aliphatic hydroxyl groups is 1. The molecule has 0 aliphatic heterocycles. The number of nitrogens with one attached hydrogen (secondary N) is 2. The van der Waals surface area contributed by atoms with E-state index in [0.717, 1.165) is 43.6 Å². The van der Waals surface area contributed by atoms with E-state index >= 15 is 0 Å². The molecule has 0 aromatic carbocycles. The molecule has 0 spiro atoms. The van der Waals surface area contributed by atoms with Crippen LogP contribution < -0.4 is 10.6 Å². The molecule has 1 aromatic heterocycles. The van der Waals surface area contributed by atoms with Crippen LogP contribution in [0, 0.1) is 0 Å². The monoisotopic (exact) mass is 313 g/mol. The minimum Gasteiger partial charge on any atom is -0.383 e. The largest absolute Gasteiger partial charge is 0.383 e.